The van der Waals surface area contributed by atoms with Crippen LogP contribution in [0.1, 0.15) is 11.1 Å². The number of ether oxygens (including phenoxy) is 1. The molecule has 0 heterocycles. The van der Waals surface area contributed by atoms with Crippen molar-refractivity contribution in [3.05, 3.63) is 65.0 Å². The van der Waals surface area contributed by atoms with Crippen molar-refractivity contribution in [2.75, 3.05) is 13.2 Å². The van der Waals surface area contributed by atoms with Crippen molar-refractivity contribution in [1.29, 1.82) is 10.5 Å². The van der Waals surface area contributed by atoms with E-state index in [1.807, 2.05) is 0 Å². The predicted octanol–water partition coefficient (Wildman–Crippen LogP) is 5.02. The lowest BCUT2D eigenvalue weighted by molar-refractivity contribution is -0.159. The highest BCUT2D eigenvalue weighted by atomic mass is 19.4. The topological polar surface area (TPSA) is 77.0 Å². The summed E-state index contributed by atoms with van der Waals surface area (Å²) in [5, 5.41) is 24.0. The van der Waals surface area contributed by atoms with Gasteiger partial charge in [0.05, 0.1) is 11.1 Å². The Morgan fingerprint density at radius 1 is 0.774 bits per heavy atom. The van der Waals surface area contributed by atoms with Gasteiger partial charge in [-0.25, -0.2) is 13.2 Å². The summed E-state index contributed by atoms with van der Waals surface area (Å²) >= 11 is 0. The van der Waals surface area contributed by atoms with Crippen LogP contribution in [0.25, 0.3) is 0 Å². The van der Waals surface area contributed by atoms with Gasteiger partial charge < -0.3 is 9.84 Å². The molecule has 0 radical (unpaired) electrons. The molecule has 0 saturated heterocycles. The van der Waals surface area contributed by atoms with Gasteiger partial charge in [-0.2, -0.15) is 36.9 Å². The molecule has 4 nitrogen and oxygen atoms in total. The quantitative estimate of drug-likeness (QED) is 0.642. The first-order chi connectivity index (χ1) is 14.2. The van der Waals surface area contributed by atoms with Crippen molar-refractivity contribution in [3.8, 4) is 17.9 Å². The number of aliphatic hydroxyl groups excluding tert-OH is 1. The number of hydrogen-bond acceptors (Lipinski definition) is 4. The molecule has 168 valence electrons. The van der Waals surface area contributed by atoms with Gasteiger partial charge in [-0.1, -0.05) is 0 Å². The van der Waals surface area contributed by atoms with Crippen LogP contribution in [-0.2, 0) is 0 Å². The first-order valence-corrected chi connectivity index (χ1v) is 7.64. The summed E-state index contributed by atoms with van der Waals surface area (Å²) in [6, 6.07) is 8.77. The highest BCUT2D eigenvalue weighted by Gasteiger charge is 2.29. The maximum Gasteiger partial charge on any atom is 0.422 e. The Balaban J connectivity index is 0.000000484. The molecule has 0 amide bonds. The normalized spacial score (nSPS) is 10.5. The molecular formula is C18H11F9N2O2. The zero-order chi connectivity index (χ0) is 24.2. The smallest absolute Gasteiger partial charge is 0.422 e. The lowest BCUT2D eigenvalue weighted by atomic mass is 10.2. The van der Waals surface area contributed by atoms with Crippen LogP contribution in [-0.4, -0.2) is 30.7 Å². The van der Waals surface area contributed by atoms with Crippen LogP contribution in [0.5, 0.6) is 5.75 Å². The van der Waals surface area contributed by atoms with E-state index in [2.05, 4.69) is 4.74 Å². The molecule has 0 fully saturated rings. The molecule has 0 aliphatic heterocycles. The Labute approximate surface area is 169 Å². The van der Waals surface area contributed by atoms with E-state index in [0.29, 0.717) is 6.07 Å². The maximum atomic E-state index is 12.6. The molecule has 0 aliphatic carbocycles. The van der Waals surface area contributed by atoms with Crippen LogP contribution in [0.3, 0.4) is 0 Å². The van der Waals surface area contributed by atoms with E-state index in [-0.39, 0.29) is 11.1 Å². The van der Waals surface area contributed by atoms with Gasteiger partial charge >= 0.3 is 12.4 Å². The molecule has 2 rings (SSSR count). The summed E-state index contributed by atoms with van der Waals surface area (Å²) in [7, 11) is 0. The third-order valence-corrected chi connectivity index (χ3v) is 2.69. The first-order valence-electron chi connectivity index (χ1n) is 7.64. The van der Waals surface area contributed by atoms with Crippen molar-refractivity contribution in [1.82, 2.24) is 0 Å². The SMILES string of the molecule is N#Cc1ccc(F)cc1F.N#Cc1ccc(F)cc1OCC(F)(F)F.OCC(F)(F)F. The molecule has 2 aromatic rings. The third-order valence-electron chi connectivity index (χ3n) is 2.69. The number of nitrogens with zero attached hydrogens (tertiary/aromatic N) is 2. The summed E-state index contributed by atoms with van der Waals surface area (Å²) < 4.78 is 108. The maximum absolute atomic E-state index is 12.6. The Bertz CT molecular complexity index is 930. The van der Waals surface area contributed by atoms with Gasteiger partial charge in [0, 0.05) is 12.1 Å². The fourth-order valence-electron chi connectivity index (χ4n) is 1.45. The van der Waals surface area contributed by atoms with E-state index in [9.17, 15) is 39.5 Å². The van der Waals surface area contributed by atoms with Crippen molar-refractivity contribution < 1.29 is 49.4 Å². The summed E-state index contributed by atoms with van der Waals surface area (Å²) in [5.74, 6) is -2.65. The molecule has 13 heteroatoms. The number of hydrogen-bond donors (Lipinski definition) is 1. The van der Waals surface area contributed by atoms with Crippen LogP contribution < -0.4 is 4.74 Å². The summed E-state index contributed by atoms with van der Waals surface area (Å²) in [6.45, 7) is -3.28. The monoisotopic (exact) mass is 458 g/mol. The fraction of sp³-hybridized carbons (Fsp3) is 0.222. The summed E-state index contributed by atoms with van der Waals surface area (Å²) in [4.78, 5) is 0. The van der Waals surface area contributed by atoms with E-state index >= 15 is 0 Å². The van der Waals surface area contributed by atoms with E-state index in [1.54, 1.807) is 12.1 Å². The Kier molecular flexibility index (Phi) is 10.9. The molecule has 0 saturated carbocycles. The second-order valence-corrected chi connectivity index (χ2v) is 5.17. The van der Waals surface area contributed by atoms with Crippen molar-refractivity contribution in [2.45, 2.75) is 12.4 Å². The van der Waals surface area contributed by atoms with Crippen molar-refractivity contribution >= 4 is 0 Å². The summed E-state index contributed by atoms with van der Waals surface area (Å²) in [6.07, 6.45) is -8.92. The molecule has 0 unspecified atom stereocenters. The summed E-state index contributed by atoms with van der Waals surface area (Å²) in [5.41, 5.74) is -0.276. The molecule has 0 spiro atoms. The lowest BCUT2D eigenvalue weighted by Gasteiger charge is -2.09. The van der Waals surface area contributed by atoms with Crippen LogP contribution in [0, 0.1) is 40.1 Å². The molecule has 1 N–H and O–H groups in total. The largest absolute Gasteiger partial charge is 0.483 e. The zero-order valence-electron chi connectivity index (χ0n) is 15.0. The minimum absolute atomic E-state index is 0.138. The minimum atomic E-state index is -4.51. The van der Waals surface area contributed by atoms with Gasteiger partial charge in [-0.3, -0.25) is 0 Å². The van der Waals surface area contributed by atoms with E-state index < -0.39 is 48.8 Å². The first kappa shape index (κ1) is 27.5. The Morgan fingerprint density at radius 2 is 1.23 bits per heavy atom. The van der Waals surface area contributed by atoms with Gasteiger partial charge in [0.15, 0.2) is 6.61 Å². The second kappa shape index (κ2) is 12.3. The van der Waals surface area contributed by atoms with E-state index in [1.165, 1.54) is 0 Å². The Morgan fingerprint density at radius 3 is 1.61 bits per heavy atom. The van der Waals surface area contributed by atoms with Gasteiger partial charge in [0.2, 0.25) is 0 Å². The van der Waals surface area contributed by atoms with E-state index in [4.69, 9.17) is 15.6 Å². The number of aliphatic hydroxyl groups is 1. The van der Waals surface area contributed by atoms with Crippen LogP contribution in [0.2, 0.25) is 0 Å². The van der Waals surface area contributed by atoms with Crippen LogP contribution in [0.4, 0.5) is 39.5 Å². The Hall–Kier alpha value is -3.45. The number of alkyl halides is 6. The zero-order valence-corrected chi connectivity index (χ0v) is 15.0. The van der Waals surface area contributed by atoms with Crippen molar-refractivity contribution in [3.63, 3.8) is 0 Å². The van der Waals surface area contributed by atoms with Crippen LogP contribution >= 0.6 is 0 Å². The van der Waals surface area contributed by atoms with Gasteiger partial charge in [-0.05, 0) is 24.3 Å². The van der Waals surface area contributed by atoms with Crippen molar-refractivity contribution in [2.24, 2.45) is 0 Å². The van der Waals surface area contributed by atoms with Gasteiger partial charge in [-0.15, -0.1) is 0 Å². The molecular weight excluding hydrogens is 447 g/mol. The standard InChI is InChI=1S/C9H5F4NO.C7H3F2N.C2H3F3O/c10-7-2-1-6(4-14)8(3-7)15-5-9(11,12)13;8-6-2-1-5(4-10)7(9)3-6;3-2(4,5)1-6/h1-3H,5H2;1-3H;6H,1H2. The van der Waals surface area contributed by atoms with Crippen LogP contribution in [0.15, 0.2) is 36.4 Å². The van der Waals surface area contributed by atoms with Gasteiger partial charge in [0.1, 0.15) is 41.9 Å². The average molecular weight is 458 g/mol. The third kappa shape index (κ3) is 12.7. The van der Waals surface area contributed by atoms with Gasteiger partial charge in [0.25, 0.3) is 0 Å². The number of rotatable bonds is 2. The molecule has 0 aromatic heterocycles. The number of halogens is 9. The van der Waals surface area contributed by atoms with E-state index in [0.717, 1.165) is 30.3 Å². The minimum Gasteiger partial charge on any atom is -0.483 e. The number of nitriles is 2. The lowest BCUT2D eigenvalue weighted by Crippen LogP contribution is -2.19. The number of benzene rings is 2. The molecule has 0 atom stereocenters. The predicted molar refractivity (Wildman–Crippen MR) is 86.9 cm³/mol. The average Bonchev–Trinajstić information content (AvgIpc) is 2.66. The highest BCUT2D eigenvalue weighted by molar-refractivity contribution is 5.43. The fourth-order valence-corrected chi connectivity index (χ4v) is 1.45. The molecule has 2 aromatic carbocycles. The highest BCUT2D eigenvalue weighted by Crippen LogP contribution is 2.22. The molecule has 0 aliphatic rings. The molecule has 31 heavy (non-hydrogen) atoms. The second-order valence-electron chi connectivity index (χ2n) is 5.17. The molecule has 0 bridgehead atoms.